The van der Waals surface area contributed by atoms with E-state index in [1.54, 1.807) is 13.8 Å². The quantitative estimate of drug-likeness (QED) is 0.628. The Labute approximate surface area is 123 Å². The van der Waals surface area contributed by atoms with Gasteiger partial charge in [-0.2, -0.15) is 0 Å². The van der Waals surface area contributed by atoms with E-state index in [4.69, 9.17) is 5.11 Å². The van der Waals surface area contributed by atoms with Crippen molar-refractivity contribution in [2.75, 3.05) is 0 Å². The number of benzene rings is 1. The first-order chi connectivity index (χ1) is 9.22. The molecule has 1 amide bonds. The predicted octanol–water partition coefficient (Wildman–Crippen LogP) is 2.20. The fourth-order valence-electron chi connectivity index (χ4n) is 1.55. The number of aliphatic carboxylic acids is 1. The Hall–Kier alpha value is -1.96. The highest BCUT2D eigenvalue weighted by Crippen LogP contribution is 2.21. The molecule has 2 N–H and O–H groups in total. The molecule has 0 bridgehead atoms. The van der Waals surface area contributed by atoms with E-state index < -0.39 is 22.8 Å². The van der Waals surface area contributed by atoms with Gasteiger partial charge in [0.2, 0.25) is 0 Å². The molecule has 0 fully saturated rings. The molecular formula is C12H13BrN2O5. The van der Waals surface area contributed by atoms with Gasteiger partial charge in [-0.15, -0.1) is 0 Å². The van der Waals surface area contributed by atoms with Crippen molar-refractivity contribution in [1.29, 1.82) is 0 Å². The predicted molar refractivity (Wildman–Crippen MR) is 74.5 cm³/mol. The van der Waals surface area contributed by atoms with Crippen molar-refractivity contribution >= 4 is 33.5 Å². The van der Waals surface area contributed by atoms with E-state index >= 15 is 0 Å². The maximum atomic E-state index is 12.0. The van der Waals surface area contributed by atoms with E-state index in [1.165, 1.54) is 12.1 Å². The topological polar surface area (TPSA) is 110 Å². The van der Waals surface area contributed by atoms with Crippen LogP contribution in [0.15, 0.2) is 22.7 Å². The minimum absolute atomic E-state index is 0.0259. The minimum Gasteiger partial charge on any atom is -0.480 e. The van der Waals surface area contributed by atoms with Gasteiger partial charge in [0.15, 0.2) is 0 Å². The number of carboxylic acid groups (broad SMARTS) is 1. The standard InChI is InChI=1S/C12H13BrN2O5/c1-6(2)10(12(17)18)14-11(16)7-3-8(13)5-9(4-7)15(19)20/h3-6,10H,1-2H3,(H,14,16)(H,17,18)/t10-/m0/s1. The summed E-state index contributed by atoms with van der Waals surface area (Å²) < 4.78 is 0.369. The summed E-state index contributed by atoms with van der Waals surface area (Å²) >= 11 is 3.07. The number of halogens is 1. The van der Waals surface area contributed by atoms with Crippen LogP contribution in [0.2, 0.25) is 0 Å². The fourth-order valence-corrected chi connectivity index (χ4v) is 2.03. The van der Waals surface area contributed by atoms with Crippen molar-refractivity contribution in [1.82, 2.24) is 5.32 Å². The molecule has 0 aliphatic heterocycles. The number of hydrogen-bond acceptors (Lipinski definition) is 4. The number of nitro benzene ring substituents is 1. The van der Waals surface area contributed by atoms with Gasteiger partial charge in [0, 0.05) is 22.2 Å². The van der Waals surface area contributed by atoms with Gasteiger partial charge in [-0.1, -0.05) is 29.8 Å². The summed E-state index contributed by atoms with van der Waals surface area (Å²) in [7, 11) is 0. The van der Waals surface area contributed by atoms with Gasteiger partial charge in [-0.05, 0) is 12.0 Å². The van der Waals surface area contributed by atoms with Gasteiger partial charge < -0.3 is 10.4 Å². The molecule has 108 valence electrons. The zero-order valence-corrected chi connectivity index (χ0v) is 12.4. The van der Waals surface area contributed by atoms with Gasteiger partial charge in [-0.25, -0.2) is 4.79 Å². The zero-order valence-electron chi connectivity index (χ0n) is 10.8. The fraction of sp³-hybridized carbons (Fsp3) is 0.333. The molecule has 7 nitrogen and oxygen atoms in total. The molecule has 0 radical (unpaired) electrons. The van der Waals surface area contributed by atoms with Crippen LogP contribution < -0.4 is 5.32 Å². The second-order valence-corrected chi connectivity index (χ2v) is 5.40. The molecule has 20 heavy (non-hydrogen) atoms. The lowest BCUT2D eigenvalue weighted by atomic mass is 10.0. The number of nitro groups is 1. The number of non-ortho nitro benzene ring substituents is 1. The van der Waals surface area contributed by atoms with Gasteiger partial charge in [-0.3, -0.25) is 14.9 Å². The number of rotatable bonds is 5. The lowest BCUT2D eigenvalue weighted by molar-refractivity contribution is -0.385. The van der Waals surface area contributed by atoms with Crippen molar-refractivity contribution in [3.05, 3.63) is 38.3 Å². The molecule has 1 atom stereocenters. The second-order valence-electron chi connectivity index (χ2n) is 4.49. The van der Waals surface area contributed by atoms with Crippen LogP contribution in [0.5, 0.6) is 0 Å². The summed E-state index contributed by atoms with van der Waals surface area (Å²) in [5.74, 6) is -2.13. The number of nitrogens with zero attached hydrogens (tertiary/aromatic N) is 1. The second kappa shape index (κ2) is 6.47. The first kappa shape index (κ1) is 16.1. The molecular weight excluding hydrogens is 332 g/mol. The molecule has 1 rings (SSSR count). The Morgan fingerprint density at radius 3 is 2.40 bits per heavy atom. The Balaban J connectivity index is 3.03. The number of carboxylic acids is 1. The first-order valence-corrected chi connectivity index (χ1v) is 6.50. The Morgan fingerprint density at radius 2 is 1.95 bits per heavy atom. The molecule has 1 aromatic carbocycles. The number of carbonyl (C=O) groups is 2. The molecule has 0 spiro atoms. The van der Waals surface area contributed by atoms with Crippen LogP contribution in [-0.2, 0) is 4.79 Å². The highest BCUT2D eigenvalue weighted by atomic mass is 79.9. The van der Waals surface area contributed by atoms with Crippen molar-refractivity contribution in [2.24, 2.45) is 5.92 Å². The SMILES string of the molecule is CC(C)[C@H](NC(=O)c1cc(Br)cc([N+](=O)[O-])c1)C(=O)O. The Bertz CT molecular complexity index is 559. The molecule has 0 aliphatic rings. The molecule has 0 unspecified atom stereocenters. The van der Waals surface area contributed by atoms with Gasteiger partial charge >= 0.3 is 5.97 Å². The van der Waals surface area contributed by atoms with E-state index in [9.17, 15) is 19.7 Å². The summed E-state index contributed by atoms with van der Waals surface area (Å²) in [6.07, 6.45) is 0. The minimum atomic E-state index is -1.15. The summed E-state index contributed by atoms with van der Waals surface area (Å²) in [5.41, 5.74) is -0.223. The first-order valence-electron chi connectivity index (χ1n) is 5.71. The average Bonchev–Trinajstić information content (AvgIpc) is 2.33. The number of nitrogens with one attached hydrogen (secondary N) is 1. The number of hydrogen-bond donors (Lipinski definition) is 2. The van der Waals surface area contributed by atoms with Crippen LogP contribution in [0.1, 0.15) is 24.2 Å². The lowest BCUT2D eigenvalue weighted by Gasteiger charge is -2.17. The molecule has 1 aromatic rings. The lowest BCUT2D eigenvalue weighted by Crippen LogP contribution is -2.44. The molecule has 0 aliphatic carbocycles. The maximum absolute atomic E-state index is 12.0. The monoisotopic (exact) mass is 344 g/mol. The molecule has 0 heterocycles. The van der Waals surface area contributed by atoms with Crippen LogP contribution in [0.4, 0.5) is 5.69 Å². The zero-order chi connectivity index (χ0) is 15.4. The normalized spacial score (nSPS) is 12.0. The smallest absolute Gasteiger partial charge is 0.326 e. The van der Waals surface area contributed by atoms with Crippen LogP contribution >= 0.6 is 15.9 Å². The van der Waals surface area contributed by atoms with E-state index in [1.807, 2.05) is 0 Å². The molecule has 0 saturated heterocycles. The maximum Gasteiger partial charge on any atom is 0.326 e. The third-order valence-electron chi connectivity index (χ3n) is 2.57. The third kappa shape index (κ3) is 4.02. The highest BCUT2D eigenvalue weighted by molar-refractivity contribution is 9.10. The average molecular weight is 345 g/mol. The van der Waals surface area contributed by atoms with Crippen molar-refractivity contribution < 1.29 is 19.6 Å². The van der Waals surface area contributed by atoms with Crippen LogP contribution in [0, 0.1) is 16.0 Å². The van der Waals surface area contributed by atoms with Gasteiger partial charge in [0.1, 0.15) is 6.04 Å². The van der Waals surface area contributed by atoms with Crippen molar-refractivity contribution in [3.63, 3.8) is 0 Å². The summed E-state index contributed by atoms with van der Waals surface area (Å²) in [6, 6.07) is 2.69. The summed E-state index contributed by atoms with van der Waals surface area (Å²) in [4.78, 5) is 33.1. The van der Waals surface area contributed by atoms with Crippen LogP contribution in [0.3, 0.4) is 0 Å². The molecule has 0 saturated carbocycles. The van der Waals surface area contributed by atoms with E-state index in [-0.39, 0.29) is 17.2 Å². The number of carbonyl (C=O) groups excluding carboxylic acids is 1. The molecule has 0 aromatic heterocycles. The van der Waals surface area contributed by atoms with Crippen molar-refractivity contribution in [2.45, 2.75) is 19.9 Å². The summed E-state index contributed by atoms with van der Waals surface area (Å²) in [6.45, 7) is 3.31. The van der Waals surface area contributed by atoms with E-state index in [0.29, 0.717) is 4.47 Å². The Kier molecular flexibility index (Phi) is 5.20. The molecule has 8 heteroatoms. The van der Waals surface area contributed by atoms with E-state index in [0.717, 1.165) is 6.07 Å². The van der Waals surface area contributed by atoms with Gasteiger partial charge in [0.25, 0.3) is 11.6 Å². The van der Waals surface area contributed by atoms with Gasteiger partial charge in [0.05, 0.1) is 4.92 Å². The number of amides is 1. The largest absolute Gasteiger partial charge is 0.480 e. The van der Waals surface area contributed by atoms with Crippen LogP contribution in [0.25, 0.3) is 0 Å². The third-order valence-corrected chi connectivity index (χ3v) is 3.03. The van der Waals surface area contributed by atoms with Crippen molar-refractivity contribution in [3.8, 4) is 0 Å². The van der Waals surface area contributed by atoms with E-state index in [2.05, 4.69) is 21.2 Å². The summed E-state index contributed by atoms with van der Waals surface area (Å²) in [5, 5.41) is 22.1. The highest BCUT2D eigenvalue weighted by Gasteiger charge is 2.24. The van der Waals surface area contributed by atoms with Crippen LogP contribution in [-0.4, -0.2) is 27.9 Å². The Morgan fingerprint density at radius 1 is 1.35 bits per heavy atom.